The molecule has 20 heavy (non-hydrogen) atoms. The monoisotopic (exact) mass is 314 g/mol. The summed E-state index contributed by atoms with van der Waals surface area (Å²) >= 11 is 7.60. The van der Waals surface area contributed by atoms with Gasteiger partial charge in [0.2, 0.25) is 0 Å². The second-order valence-corrected chi connectivity index (χ2v) is 6.71. The lowest BCUT2D eigenvalue weighted by Gasteiger charge is -2.11. The lowest BCUT2D eigenvalue weighted by molar-refractivity contribution is -0.140. The van der Waals surface area contributed by atoms with Gasteiger partial charge in [-0.15, -0.1) is 11.8 Å². The Morgan fingerprint density at radius 3 is 2.60 bits per heavy atom. The second-order valence-electron chi connectivity index (χ2n) is 4.66. The summed E-state index contributed by atoms with van der Waals surface area (Å²) in [6, 6.07) is 5.37. The topological polar surface area (TPSA) is 43.4 Å². The Hall–Kier alpha value is -1.000. The van der Waals surface area contributed by atoms with E-state index in [2.05, 4.69) is 18.6 Å². The van der Waals surface area contributed by atoms with E-state index in [1.165, 1.54) is 7.11 Å². The zero-order valence-corrected chi connectivity index (χ0v) is 13.5. The molecule has 0 radical (unpaired) electrons. The Labute approximate surface area is 129 Å². The molecule has 1 rings (SSSR count). The summed E-state index contributed by atoms with van der Waals surface area (Å²) < 4.78 is 4.56. The number of hydrogen-bond acceptors (Lipinski definition) is 4. The van der Waals surface area contributed by atoms with Gasteiger partial charge in [-0.1, -0.05) is 25.4 Å². The molecule has 0 amide bonds. The van der Waals surface area contributed by atoms with Crippen molar-refractivity contribution < 1.29 is 14.3 Å². The molecule has 0 aliphatic carbocycles. The van der Waals surface area contributed by atoms with Crippen molar-refractivity contribution in [2.24, 2.45) is 0 Å². The van der Waals surface area contributed by atoms with Crippen LogP contribution in [-0.4, -0.2) is 24.1 Å². The highest BCUT2D eigenvalue weighted by molar-refractivity contribution is 8.00. The first-order chi connectivity index (χ1) is 9.43. The lowest BCUT2D eigenvalue weighted by Crippen LogP contribution is -2.05. The molecule has 0 saturated carbocycles. The molecule has 1 aromatic rings. The summed E-state index contributed by atoms with van der Waals surface area (Å²) in [4.78, 5) is 24.2. The van der Waals surface area contributed by atoms with E-state index in [1.54, 1.807) is 23.9 Å². The summed E-state index contributed by atoms with van der Waals surface area (Å²) in [5.74, 6) is -0.278. The van der Waals surface area contributed by atoms with Crippen LogP contribution in [0.3, 0.4) is 0 Å². The van der Waals surface area contributed by atoms with Gasteiger partial charge in [0.15, 0.2) is 5.78 Å². The Morgan fingerprint density at radius 2 is 2.00 bits per heavy atom. The third-order valence-electron chi connectivity index (χ3n) is 2.62. The predicted octanol–water partition coefficient (Wildman–Crippen LogP) is 4.37. The molecule has 0 aliphatic heterocycles. The first kappa shape index (κ1) is 17.1. The van der Waals surface area contributed by atoms with Crippen molar-refractivity contribution >= 4 is 35.1 Å². The van der Waals surface area contributed by atoms with Gasteiger partial charge in [0.25, 0.3) is 0 Å². The Morgan fingerprint density at radius 1 is 1.30 bits per heavy atom. The minimum absolute atomic E-state index is 0.0135. The molecule has 0 aromatic heterocycles. The molecular formula is C15H19ClO3S. The highest BCUT2D eigenvalue weighted by Crippen LogP contribution is 2.30. The van der Waals surface area contributed by atoms with Crippen molar-refractivity contribution in [1.82, 2.24) is 0 Å². The summed E-state index contributed by atoms with van der Waals surface area (Å²) in [6.45, 7) is 4.15. The van der Waals surface area contributed by atoms with E-state index in [0.29, 0.717) is 28.7 Å². The highest BCUT2D eigenvalue weighted by atomic mass is 35.5. The Bertz CT molecular complexity index is 486. The Balaban J connectivity index is 2.75. The maximum atomic E-state index is 12.2. The van der Waals surface area contributed by atoms with Crippen LogP contribution in [0.1, 0.15) is 43.5 Å². The van der Waals surface area contributed by atoms with E-state index in [4.69, 9.17) is 11.6 Å². The molecule has 3 nitrogen and oxygen atoms in total. The first-order valence-electron chi connectivity index (χ1n) is 6.50. The van der Waals surface area contributed by atoms with Crippen LogP contribution < -0.4 is 0 Å². The third-order valence-corrected chi connectivity index (χ3v) is 3.93. The van der Waals surface area contributed by atoms with Gasteiger partial charge in [0, 0.05) is 33.6 Å². The number of esters is 1. The highest BCUT2D eigenvalue weighted by Gasteiger charge is 2.14. The molecule has 0 N–H and O–H groups in total. The molecular weight excluding hydrogens is 296 g/mol. The number of halogens is 1. The fourth-order valence-corrected chi connectivity index (χ4v) is 2.83. The number of Topliss-reactive ketones (excluding diaryl/α,β-unsaturated/α-hetero) is 1. The van der Waals surface area contributed by atoms with Crippen LogP contribution in [0.2, 0.25) is 5.02 Å². The van der Waals surface area contributed by atoms with Gasteiger partial charge in [-0.2, -0.15) is 0 Å². The van der Waals surface area contributed by atoms with Crippen LogP contribution in [0, 0.1) is 0 Å². The van der Waals surface area contributed by atoms with Crippen LogP contribution in [0.15, 0.2) is 23.1 Å². The molecule has 0 saturated heterocycles. The first-order valence-corrected chi connectivity index (χ1v) is 7.76. The molecule has 0 fully saturated rings. The largest absolute Gasteiger partial charge is 0.469 e. The zero-order chi connectivity index (χ0) is 15.1. The summed E-state index contributed by atoms with van der Waals surface area (Å²) in [7, 11) is 1.35. The van der Waals surface area contributed by atoms with E-state index >= 15 is 0 Å². The van der Waals surface area contributed by atoms with Crippen LogP contribution in [-0.2, 0) is 9.53 Å². The van der Waals surface area contributed by atoms with Crippen molar-refractivity contribution in [3.63, 3.8) is 0 Å². The number of benzene rings is 1. The number of ether oxygens (including phenoxy) is 1. The van der Waals surface area contributed by atoms with E-state index in [0.717, 1.165) is 4.90 Å². The fraction of sp³-hybridized carbons (Fsp3) is 0.467. The fourth-order valence-electron chi connectivity index (χ4n) is 1.71. The van der Waals surface area contributed by atoms with Gasteiger partial charge in [0.1, 0.15) is 0 Å². The number of thioether (sulfide) groups is 1. The van der Waals surface area contributed by atoms with Crippen molar-refractivity contribution in [3.8, 4) is 0 Å². The normalized spacial score (nSPS) is 10.7. The maximum Gasteiger partial charge on any atom is 0.305 e. The summed E-state index contributed by atoms with van der Waals surface area (Å²) in [5, 5.41) is 0.937. The minimum atomic E-state index is -0.291. The van der Waals surface area contributed by atoms with Crippen LogP contribution in [0.5, 0.6) is 0 Å². The zero-order valence-electron chi connectivity index (χ0n) is 11.9. The number of hydrogen-bond donors (Lipinski definition) is 0. The number of carbonyl (C=O) groups excluding carboxylic acids is 2. The average Bonchev–Trinajstić information content (AvgIpc) is 2.39. The van der Waals surface area contributed by atoms with E-state index < -0.39 is 0 Å². The van der Waals surface area contributed by atoms with Gasteiger partial charge in [-0.25, -0.2) is 0 Å². The lowest BCUT2D eigenvalue weighted by atomic mass is 10.1. The van der Waals surface area contributed by atoms with Crippen LogP contribution in [0.25, 0.3) is 0 Å². The van der Waals surface area contributed by atoms with E-state index in [1.807, 2.05) is 6.07 Å². The van der Waals surface area contributed by atoms with Crippen molar-refractivity contribution in [3.05, 3.63) is 28.8 Å². The molecule has 1 aromatic carbocycles. The molecule has 0 heterocycles. The quantitative estimate of drug-likeness (QED) is 0.426. The molecule has 0 aliphatic rings. The molecule has 0 atom stereocenters. The van der Waals surface area contributed by atoms with Crippen molar-refractivity contribution in [2.75, 3.05) is 7.11 Å². The standard InChI is InChI=1S/C15H19ClO3S/c1-10(2)20-14-8-7-11(16)9-12(14)13(17)5-4-6-15(18)19-3/h7-10H,4-6H2,1-3H3. The third kappa shape index (κ3) is 5.55. The van der Waals surface area contributed by atoms with Gasteiger partial charge in [-0.05, 0) is 24.6 Å². The van der Waals surface area contributed by atoms with Crippen molar-refractivity contribution in [2.45, 2.75) is 43.3 Å². The van der Waals surface area contributed by atoms with Gasteiger partial charge in [0.05, 0.1) is 7.11 Å². The molecule has 5 heteroatoms. The smallest absolute Gasteiger partial charge is 0.305 e. The SMILES string of the molecule is COC(=O)CCCC(=O)c1cc(Cl)ccc1SC(C)C. The summed E-state index contributed by atoms with van der Waals surface area (Å²) in [5.41, 5.74) is 0.640. The van der Waals surface area contributed by atoms with Gasteiger partial charge in [-0.3, -0.25) is 9.59 Å². The van der Waals surface area contributed by atoms with Crippen molar-refractivity contribution in [1.29, 1.82) is 0 Å². The van der Waals surface area contributed by atoms with Gasteiger partial charge < -0.3 is 4.74 Å². The predicted molar refractivity (Wildman–Crippen MR) is 82.6 cm³/mol. The van der Waals surface area contributed by atoms with Gasteiger partial charge >= 0.3 is 5.97 Å². The van der Waals surface area contributed by atoms with Crippen LogP contribution >= 0.6 is 23.4 Å². The minimum Gasteiger partial charge on any atom is -0.469 e. The number of rotatable bonds is 7. The average molecular weight is 315 g/mol. The van der Waals surface area contributed by atoms with E-state index in [9.17, 15) is 9.59 Å². The van der Waals surface area contributed by atoms with Crippen LogP contribution in [0.4, 0.5) is 0 Å². The molecule has 110 valence electrons. The number of carbonyl (C=O) groups is 2. The molecule has 0 bridgehead atoms. The molecule has 0 spiro atoms. The number of methoxy groups -OCH3 is 1. The van der Waals surface area contributed by atoms with E-state index in [-0.39, 0.29) is 18.2 Å². The Kier molecular flexibility index (Phi) is 7.10. The second kappa shape index (κ2) is 8.32. The summed E-state index contributed by atoms with van der Waals surface area (Å²) in [6.07, 6.45) is 1.07. The maximum absolute atomic E-state index is 12.2. The molecule has 0 unspecified atom stereocenters. The number of ketones is 1.